The van der Waals surface area contributed by atoms with E-state index in [1.54, 1.807) is 33.7 Å². The van der Waals surface area contributed by atoms with Gasteiger partial charge in [-0.25, -0.2) is 9.97 Å². The van der Waals surface area contributed by atoms with E-state index in [2.05, 4.69) is 20.9 Å². The molecule has 0 aliphatic carbocycles. The summed E-state index contributed by atoms with van der Waals surface area (Å²) in [6.07, 6.45) is 1.60. The van der Waals surface area contributed by atoms with Gasteiger partial charge in [0.1, 0.15) is 6.33 Å². The van der Waals surface area contributed by atoms with Gasteiger partial charge < -0.3 is 0 Å². The van der Waals surface area contributed by atoms with Crippen LogP contribution in [0, 0.1) is 0 Å². The van der Waals surface area contributed by atoms with E-state index >= 15 is 0 Å². The van der Waals surface area contributed by atoms with Gasteiger partial charge in [-0.1, -0.05) is 57.3 Å². The molecule has 0 aliphatic heterocycles. The first kappa shape index (κ1) is 20.0. The number of nitrogens with zero attached hydrogens (tertiary/aromatic N) is 4. The highest BCUT2D eigenvalue weighted by atomic mass is 79.9. The Labute approximate surface area is 195 Å². The third-order valence-electron chi connectivity index (χ3n) is 4.87. The zero-order chi connectivity index (χ0) is 21.5. The predicted octanol–water partition coefficient (Wildman–Crippen LogP) is 6.31. The van der Waals surface area contributed by atoms with E-state index in [4.69, 9.17) is 28.2 Å². The summed E-state index contributed by atoms with van der Waals surface area (Å²) in [5.74, 6) is 0.389. The molecule has 0 amide bonds. The van der Waals surface area contributed by atoms with E-state index in [0.29, 0.717) is 38.3 Å². The molecule has 0 aliphatic rings. The van der Waals surface area contributed by atoms with Gasteiger partial charge in [0, 0.05) is 20.7 Å². The van der Waals surface area contributed by atoms with Crippen molar-refractivity contribution in [1.82, 2.24) is 19.1 Å². The van der Waals surface area contributed by atoms with Gasteiger partial charge in [0.25, 0.3) is 5.56 Å². The molecule has 5 nitrogen and oxygen atoms in total. The van der Waals surface area contributed by atoms with Crippen molar-refractivity contribution in [3.05, 3.63) is 104 Å². The molecule has 0 saturated heterocycles. The zero-order valence-electron chi connectivity index (χ0n) is 15.8. The Morgan fingerprint density at radius 2 is 1.61 bits per heavy atom. The molecule has 0 fully saturated rings. The Hall–Kier alpha value is -2.93. The molecule has 0 radical (unpaired) electrons. The van der Waals surface area contributed by atoms with E-state index < -0.39 is 0 Å². The lowest BCUT2D eigenvalue weighted by atomic mass is 10.2. The number of rotatable bonds is 3. The average Bonchev–Trinajstić information content (AvgIpc) is 3.20. The molecule has 3 aromatic carbocycles. The fourth-order valence-electron chi connectivity index (χ4n) is 3.44. The first-order valence-corrected chi connectivity index (χ1v) is 10.8. The van der Waals surface area contributed by atoms with E-state index in [1.807, 2.05) is 54.6 Å². The van der Waals surface area contributed by atoms with Crippen molar-refractivity contribution in [2.75, 3.05) is 0 Å². The van der Waals surface area contributed by atoms with Crippen LogP contribution in [0.3, 0.4) is 0 Å². The normalized spacial score (nSPS) is 11.2. The molecule has 8 heteroatoms. The van der Waals surface area contributed by atoms with Crippen LogP contribution in [0.5, 0.6) is 0 Å². The number of benzene rings is 3. The number of halogens is 3. The quantitative estimate of drug-likeness (QED) is 0.285. The third-order valence-corrected chi connectivity index (χ3v) is 5.95. The molecule has 0 spiro atoms. The summed E-state index contributed by atoms with van der Waals surface area (Å²) in [5, 5.41) is 0.896. The Bertz CT molecular complexity index is 1480. The van der Waals surface area contributed by atoms with E-state index in [0.717, 1.165) is 10.2 Å². The number of imidazole rings is 1. The molecule has 5 aromatic rings. The Morgan fingerprint density at radius 3 is 2.32 bits per heavy atom. The Morgan fingerprint density at radius 1 is 0.871 bits per heavy atom. The molecule has 0 atom stereocenters. The van der Waals surface area contributed by atoms with Crippen LogP contribution < -0.4 is 5.56 Å². The van der Waals surface area contributed by atoms with E-state index in [1.165, 1.54) is 0 Å². The fraction of sp³-hybridized carbons (Fsp3) is 0. The van der Waals surface area contributed by atoms with Gasteiger partial charge in [-0.05, 0) is 54.6 Å². The molecule has 31 heavy (non-hydrogen) atoms. The molecule has 2 aromatic heterocycles. The van der Waals surface area contributed by atoms with Gasteiger partial charge in [-0.15, -0.1) is 0 Å². The van der Waals surface area contributed by atoms with Crippen LogP contribution in [0.2, 0.25) is 10.0 Å². The molecule has 0 N–H and O–H groups in total. The summed E-state index contributed by atoms with van der Waals surface area (Å²) < 4.78 is 4.19. The van der Waals surface area contributed by atoms with Crippen molar-refractivity contribution in [2.24, 2.45) is 0 Å². The zero-order valence-corrected chi connectivity index (χ0v) is 18.9. The molecular weight excluding hydrogens is 499 g/mol. The smallest absolute Gasteiger partial charge is 0.285 e. The van der Waals surface area contributed by atoms with Crippen LogP contribution in [-0.2, 0) is 0 Å². The highest BCUT2D eigenvalue weighted by molar-refractivity contribution is 9.10. The molecule has 2 heterocycles. The van der Waals surface area contributed by atoms with Crippen molar-refractivity contribution in [2.45, 2.75) is 0 Å². The lowest BCUT2D eigenvalue weighted by molar-refractivity contribution is 0.959. The Balaban J connectivity index is 1.88. The van der Waals surface area contributed by atoms with E-state index in [9.17, 15) is 4.79 Å². The first-order chi connectivity index (χ1) is 15.0. The number of fused-ring (bicyclic) bond motifs is 1. The maximum atomic E-state index is 13.8. The minimum atomic E-state index is -0.255. The van der Waals surface area contributed by atoms with Crippen molar-refractivity contribution in [3.63, 3.8) is 0 Å². The molecule has 0 unspecified atom stereocenters. The lowest BCUT2D eigenvalue weighted by Crippen LogP contribution is -2.23. The maximum Gasteiger partial charge on any atom is 0.285 e. The maximum absolute atomic E-state index is 13.8. The second kappa shape index (κ2) is 7.96. The van der Waals surface area contributed by atoms with Crippen LogP contribution >= 0.6 is 39.1 Å². The summed E-state index contributed by atoms with van der Waals surface area (Å²) in [6.45, 7) is 0. The Kier molecular flexibility index (Phi) is 5.14. The van der Waals surface area contributed by atoms with Crippen LogP contribution in [0.15, 0.2) is 88.4 Å². The molecular formula is C23H13BrCl2N4O. The van der Waals surface area contributed by atoms with Crippen LogP contribution in [-0.4, -0.2) is 19.1 Å². The summed E-state index contributed by atoms with van der Waals surface area (Å²) >= 11 is 16.0. The summed E-state index contributed by atoms with van der Waals surface area (Å²) in [7, 11) is 0. The topological polar surface area (TPSA) is 52.7 Å². The summed E-state index contributed by atoms with van der Waals surface area (Å²) in [4.78, 5) is 23.0. The molecule has 0 bridgehead atoms. The molecule has 0 saturated carbocycles. The standard InChI is InChI=1S/C23H13BrCl2N4O/c24-14-6-9-17(10-7-14)30-22(18-11-8-15(25)12-19(18)26)28-21-20(23(30)31)29(13-27-21)16-4-2-1-3-5-16/h1-13H. The first-order valence-electron chi connectivity index (χ1n) is 9.30. The summed E-state index contributed by atoms with van der Waals surface area (Å²) in [6, 6.07) is 22.1. The van der Waals surface area contributed by atoms with Crippen molar-refractivity contribution < 1.29 is 0 Å². The largest absolute Gasteiger partial charge is 0.293 e. The molecule has 5 rings (SSSR count). The fourth-order valence-corrected chi connectivity index (χ4v) is 4.19. The van der Waals surface area contributed by atoms with Gasteiger partial charge in [0.15, 0.2) is 17.0 Å². The van der Waals surface area contributed by atoms with Gasteiger partial charge >= 0.3 is 0 Å². The van der Waals surface area contributed by atoms with Crippen molar-refractivity contribution >= 4 is 50.3 Å². The second-order valence-electron chi connectivity index (χ2n) is 6.80. The van der Waals surface area contributed by atoms with Gasteiger partial charge in [-0.2, -0.15) is 0 Å². The van der Waals surface area contributed by atoms with Gasteiger partial charge in [-0.3, -0.25) is 13.9 Å². The highest BCUT2D eigenvalue weighted by Crippen LogP contribution is 2.31. The molecule has 152 valence electrons. The van der Waals surface area contributed by atoms with Crippen LogP contribution in [0.25, 0.3) is 33.9 Å². The van der Waals surface area contributed by atoms with Crippen LogP contribution in [0.4, 0.5) is 0 Å². The number of hydrogen-bond acceptors (Lipinski definition) is 3. The summed E-state index contributed by atoms with van der Waals surface area (Å²) in [5.41, 5.74) is 2.52. The third kappa shape index (κ3) is 3.57. The number of hydrogen-bond donors (Lipinski definition) is 0. The number of aromatic nitrogens is 4. The second-order valence-corrected chi connectivity index (χ2v) is 8.56. The van der Waals surface area contributed by atoms with Gasteiger partial charge in [0.2, 0.25) is 0 Å². The van der Waals surface area contributed by atoms with Gasteiger partial charge in [0.05, 0.1) is 10.7 Å². The monoisotopic (exact) mass is 510 g/mol. The SMILES string of the molecule is O=c1c2c(ncn2-c2ccccc2)nc(-c2ccc(Cl)cc2Cl)n1-c1ccc(Br)cc1. The lowest BCUT2D eigenvalue weighted by Gasteiger charge is -2.14. The van der Waals surface area contributed by atoms with E-state index in [-0.39, 0.29) is 5.56 Å². The van der Waals surface area contributed by atoms with Crippen molar-refractivity contribution in [1.29, 1.82) is 0 Å². The number of para-hydroxylation sites is 1. The highest BCUT2D eigenvalue weighted by Gasteiger charge is 2.20. The average molecular weight is 512 g/mol. The van der Waals surface area contributed by atoms with Crippen LogP contribution in [0.1, 0.15) is 0 Å². The minimum absolute atomic E-state index is 0.255. The minimum Gasteiger partial charge on any atom is -0.293 e. The van der Waals surface area contributed by atoms with Crippen molar-refractivity contribution in [3.8, 4) is 22.8 Å². The predicted molar refractivity (Wildman–Crippen MR) is 128 cm³/mol.